The number of hydrogen-bond acceptors (Lipinski definition) is 4. The molecule has 0 saturated heterocycles. The maximum absolute atomic E-state index is 12.2. The summed E-state index contributed by atoms with van der Waals surface area (Å²) >= 11 is 0. The van der Waals surface area contributed by atoms with Crippen LogP contribution in [0.5, 0.6) is 0 Å². The summed E-state index contributed by atoms with van der Waals surface area (Å²) in [6.45, 7) is 1.42. The first kappa shape index (κ1) is 14.4. The number of ketones is 1. The molecule has 1 aromatic carbocycles. The van der Waals surface area contributed by atoms with Gasteiger partial charge in [0.25, 0.3) is 5.91 Å². The fourth-order valence-electron chi connectivity index (χ4n) is 1.87. The largest absolute Gasteiger partial charge is 0.478 e. The van der Waals surface area contributed by atoms with Crippen molar-refractivity contribution in [2.45, 2.75) is 6.92 Å². The average Bonchev–Trinajstić information content (AvgIpc) is 2.81. The van der Waals surface area contributed by atoms with Gasteiger partial charge in [0.1, 0.15) is 11.3 Å². The van der Waals surface area contributed by atoms with Crippen LogP contribution in [0, 0.1) is 0 Å². The number of carboxylic acids is 1. The summed E-state index contributed by atoms with van der Waals surface area (Å²) in [6, 6.07) is 6.40. The van der Waals surface area contributed by atoms with E-state index < -0.39 is 11.9 Å². The number of anilines is 1. The minimum Gasteiger partial charge on any atom is -0.478 e. The van der Waals surface area contributed by atoms with Crippen molar-refractivity contribution in [2.24, 2.45) is 7.05 Å². The lowest BCUT2D eigenvalue weighted by molar-refractivity contribution is 0.0692. The van der Waals surface area contributed by atoms with Gasteiger partial charge in [-0.1, -0.05) is 12.1 Å². The predicted octanol–water partition coefficient (Wildman–Crippen LogP) is 1.57. The highest BCUT2D eigenvalue weighted by molar-refractivity contribution is 6.09. The Morgan fingerprint density at radius 3 is 2.62 bits per heavy atom. The zero-order valence-corrected chi connectivity index (χ0v) is 11.5. The molecule has 1 amide bonds. The molecule has 0 radical (unpaired) electrons. The number of carboxylic acid groups (broad SMARTS) is 1. The molecule has 2 aromatic rings. The van der Waals surface area contributed by atoms with Gasteiger partial charge >= 0.3 is 5.97 Å². The van der Waals surface area contributed by atoms with Gasteiger partial charge in [0.2, 0.25) is 0 Å². The van der Waals surface area contributed by atoms with Crippen LogP contribution in [-0.4, -0.2) is 32.5 Å². The van der Waals surface area contributed by atoms with Crippen molar-refractivity contribution in [1.82, 2.24) is 9.78 Å². The molecule has 0 atom stereocenters. The van der Waals surface area contributed by atoms with Crippen molar-refractivity contribution in [3.8, 4) is 0 Å². The lowest BCUT2D eigenvalue weighted by Crippen LogP contribution is -2.19. The summed E-state index contributed by atoms with van der Waals surface area (Å²) < 4.78 is 1.19. The summed E-state index contributed by atoms with van der Waals surface area (Å²) in [7, 11) is 1.48. The Bertz CT molecular complexity index is 734. The van der Waals surface area contributed by atoms with E-state index in [0.29, 0.717) is 11.3 Å². The van der Waals surface area contributed by atoms with E-state index in [2.05, 4.69) is 10.4 Å². The predicted molar refractivity (Wildman–Crippen MR) is 74.6 cm³/mol. The van der Waals surface area contributed by atoms with Gasteiger partial charge in [-0.15, -0.1) is 0 Å². The molecule has 21 heavy (non-hydrogen) atoms. The van der Waals surface area contributed by atoms with E-state index >= 15 is 0 Å². The number of amides is 1. The van der Waals surface area contributed by atoms with Gasteiger partial charge in [0.15, 0.2) is 5.78 Å². The zero-order chi connectivity index (χ0) is 15.6. The molecule has 2 N–H and O–H groups in total. The second kappa shape index (κ2) is 5.58. The first-order valence-corrected chi connectivity index (χ1v) is 6.08. The van der Waals surface area contributed by atoms with Crippen molar-refractivity contribution in [1.29, 1.82) is 0 Å². The summed E-state index contributed by atoms with van der Waals surface area (Å²) in [6.07, 6.45) is 1.11. The molecule has 7 heteroatoms. The summed E-state index contributed by atoms with van der Waals surface area (Å²) in [5.41, 5.74) is 0.620. The molecule has 0 aliphatic carbocycles. The third-order valence-electron chi connectivity index (χ3n) is 2.91. The molecule has 7 nitrogen and oxygen atoms in total. The number of carbonyl (C=O) groups is 3. The molecular weight excluding hydrogens is 274 g/mol. The average molecular weight is 287 g/mol. The number of hydrogen-bond donors (Lipinski definition) is 2. The van der Waals surface area contributed by atoms with Gasteiger partial charge in [-0.3, -0.25) is 14.3 Å². The van der Waals surface area contributed by atoms with E-state index in [1.165, 1.54) is 24.7 Å². The van der Waals surface area contributed by atoms with Crippen molar-refractivity contribution in [3.05, 3.63) is 47.3 Å². The molecule has 0 saturated carbocycles. The lowest BCUT2D eigenvalue weighted by atomic mass is 10.1. The maximum Gasteiger partial charge on any atom is 0.339 e. The maximum atomic E-state index is 12.2. The van der Waals surface area contributed by atoms with Crippen LogP contribution in [0.3, 0.4) is 0 Å². The van der Waals surface area contributed by atoms with Gasteiger partial charge in [-0.05, 0) is 19.1 Å². The molecule has 0 aliphatic rings. The highest BCUT2D eigenvalue weighted by Crippen LogP contribution is 2.14. The molecule has 1 heterocycles. The number of nitrogens with one attached hydrogen (secondary N) is 1. The molecule has 1 aromatic heterocycles. The number of nitrogens with zero attached hydrogens (tertiary/aromatic N) is 2. The number of carbonyl (C=O) groups excluding carboxylic acids is 2. The number of rotatable bonds is 4. The fourth-order valence-corrected chi connectivity index (χ4v) is 1.87. The van der Waals surface area contributed by atoms with E-state index in [1.807, 2.05) is 0 Å². The molecule has 0 aliphatic heterocycles. The normalized spacial score (nSPS) is 10.2. The second-order valence-corrected chi connectivity index (χ2v) is 4.43. The van der Waals surface area contributed by atoms with Crippen molar-refractivity contribution in [2.75, 3.05) is 5.32 Å². The molecule has 2 rings (SSSR count). The Kier molecular flexibility index (Phi) is 3.84. The SMILES string of the molecule is CC(=O)c1cccc(NC(=O)c2c(C(=O)O)cnn2C)c1. The molecule has 0 bridgehead atoms. The molecule has 0 unspecified atom stereocenters. The van der Waals surface area contributed by atoms with Crippen LogP contribution in [0.25, 0.3) is 0 Å². The van der Waals surface area contributed by atoms with Crippen LogP contribution in [0.2, 0.25) is 0 Å². The fraction of sp³-hybridized carbons (Fsp3) is 0.143. The Morgan fingerprint density at radius 2 is 2.00 bits per heavy atom. The van der Waals surface area contributed by atoms with Gasteiger partial charge in [0, 0.05) is 18.3 Å². The summed E-state index contributed by atoms with van der Waals surface area (Å²) in [5.74, 6) is -1.96. The van der Waals surface area contributed by atoms with Crippen LogP contribution in [0.4, 0.5) is 5.69 Å². The Morgan fingerprint density at radius 1 is 1.29 bits per heavy atom. The van der Waals surface area contributed by atoms with Gasteiger partial charge in [-0.25, -0.2) is 4.79 Å². The second-order valence-electron chi connectivity index (χ2n) is 4.43. The number of Topliss-reactive ketones (excluding diaryl/α,β-unsaturated/α-hetero) is 1. The van der Waals surface area contributed by atoms with Gasteiger partial charge in [0.05, 0.1) is 6.20 Å². The molecule has 108 valence electrons. The van der Waals surface area contributed by atoms with E-state index in [9.17, 15) is 14.4 Å². The van der Waals surface area contributed by atoms with E-state index in [1.54, 1.807) is 18.2 Å². The standard InChI is InChI=1S/C14H13N3O4/c1-8(18)9-4-3-5-10(6-9)16-13(19)12-11(14(20)21)7-15-17(12)2/h3-7H,1-2H3,(H,16,19)(H,20,21). The third kappa shape index (κ3) is 2.97. The highest BCUT2D eigenvalue weighted by atomic mass is 16.4. The zero-order valence-electron chi connectivity index (χ0n) is 11.5. The number of aromatic carboxylic acids is 1. The van der Waals surface area contributed by atoms with Crippen molar-refractivity contribution >= 4 is 23.3 Å². The smallest absolute Gasteiger partial charge is 0.339 e. The third-order valence-corrected chi connectivity index (χ3v) is 2.91. The van der Waals surface area contributed by atoms with Crippen molar-refractivity contribution < 1.29 is 19.5 Å². The van der Waals surface area contributed by atoms with Crippen LogP contribution < -0.4 is 5.32 Å². The topological polar surface area (TPSA) is 101 Å². The van der Waals surface area contributed by atoms with E-state index in [4.69, 9.17) is 5.11 Å². The summed E-state index contributed by atoms with van der Waals surface area (Å²) in [4.78, 5) is 34.5. The van der Waals surface area contributed by atoms with Crippen LogP contribution in [-0.2, 0) is 7.05 Å². The van der Waals surface area contributed by atoms with Gasteiger partial charge in [-0.2, -0.15) is 5.10 Å². The first-order chi connectivity index (χ1) is 9.90. The van der Waals surface area contributed by atoms with Crippen LogP contribution in [0.15, 0.2) is 30.5 Å². The number of aromatic nitrogens is 2. The monoisotopic (exact) mass is 287 g/mol. The summed E-state index contributed by atoms with van der Waals surface area (Å²) in [5, 5.41) is 15.4. The van der Waals surface area contributed by atoms with Crippen molar-refractivity contribution in [3.63, 3.8) is 0 Å². The number of benzene rings is 1. The molecule has 0 spiro atoms. The molecule has 0 fully saturated rings. The lowest BCUT2D eigenvalue weighted by Gasteiger charge is -2.07. The van der Waals surface area contributed by atoms with Crippen LogP contribution in [0.1, 0.15) is 38.1 Å². The Labute approximate surface area is 120 Å². The number of aryl methyl sites for hydroxylation is 1. The minimum atomic E-state index is -1.23. The Balaban J connectivity index is 2.30. The van der Waals surface area contributed by atoms with E-state index in [0.717, 1.165) is 6.20 Å². The van der Waals surface area contributed by atoms with Crippen LogP contribution >= 0.6 is 0 Å². The highest BCUT2D eigenvalue weighted by Gasteiger charge is 2.21. The van der Waals surface area contributed by atoms with E-state index in [-0.39, 0.29) is 17.0 Å². The van der Waals surface area contributed by atoms with Gasteiger partial charge < -0.3 is 10.4 Å². The Hall–Kier alpha value is -2.96. The molecular formula is C14H13N3O4. The quantitative estimate of drug-likeness (QED) is 0.831. The minimum absolute atomic E-state index is 0.0595. The first-order valence-electron chi connectivity index (χ1n) is 6.08.